The van der Waals surface area contributed by atoms with Gasteiger partial charge in [-0.1, -0.05) is 0 Å². The molecule has 0 unspecified atom stereocenters. The fourth-order valence-corrected chi connectivity index (χ4v) is 2.77. The number of likely N-dealkylation sites (tertiary alicyclic amines) is 1. The Morgan fingerprint density at radius 2 is 2.19 bits per heavy atom. The molecular weight excluding hydrogens is 272 g/mol. The van der Waals surface area contributed by atoms with Crippen LogP contribution in [0, 0.1) is 0 Å². The molecule has 21 heavy (non-hydrogen) atoms. The largest absolute Gasteiger partial charge is 0.450 e. The summed E-state index contributed by atoms with van der Waals surface area (Å²) in [6, 6.07) is 3.48. The van der Waals surface area contributed by atoms with Gasteiger partial charge in [0.05, 0.1) is 12.2 Å². The Morgan fingerprint density at radius 1 is 1.43 bits per heavy atom. The first-order chi connectivity index (χ1) is 10.1. The van der Waals surface area contributed by atoms with Crippen LogP contribution in [0.25, 0.3) is 0 Å². The SMILES string of the molecule is CCOC(=O)N1CCC2(CC1)NC(=O)c1cccnc1N2. The predicted molar refractivity (Wildman–Crippen MR) is 75.9 cm³/mol. The van der Waals surface area contributed by atoms with E-state index in [1.807, 2.05) is 0 Å². The van der Waals surface area contributed by atoms with Crippen LogP contribution >= 0.6 is 0 Å². The van der Waals surface area contributed by atoms with Crippen molar-refractivity contribution in [3.8, 4) is 0 Å². The van der Waals surface area contributed by atoms with Gasteiger partial charge < -0.3 is 20.3 Å². The van der Waals surface area contributed by atoms with Gasteiger partial charge in [-0.15, -0.1) is 0 Å². The van der Waals surface area contributed by atoms with Gasteiger partial charge in [0.2, 0.25) is 0 Å². The maximum atomic E-state index is 12.2. The molecule has 1 saturated heterocycles. The molecule has 112 valence electrons. The van der Waals surface area contributed by atoms with Crippen LogP contribution < -0.4 is 10.6 Å². The van der Waals surface area contributed by atoms with E-state index in [0.29, 0.717) is 43.9 Å². The van der Waals surface area contributed by atoms with Crippen molar-refractivity contribution in [1.29, 1.82) is 0 Å². The summed E-state index contributed by atoms with van der Waals surface area (Å²) < 4.78 is 5.00. The number of amides is 2. The topological polar surface area (TPSA) is 83.6 Å². The molecule has 1 spiro atoms. The highest BCUT2D eigenvalue weighted by Crippen LogP contribution is 2.29. The normalized spacial score (nSPS) is 19.5. The number of carbonyl (C=O) groups excluding carboxylic acids is 2. The van der Waals surface area contributed by atoms with E-state index in [-0.39, 0.29) is 12.0 Å². The number of rotatable bonds is 1. The third-order valence-corrected chi connectivity index (χ3v) is 3.91. The highest BCUT2D eigenvalue weighted by Gasteiger charge is 2.41. The van der Waals surface area contributed by atoms with E-state index in [4.69, 9.17) is 4.74 Å². The van der Waals surface area contributed by atoms with Crippen LogP contribution in [0.5, 0.6) is 0 Å². The molecule has 3 heterocycles. The molecule has 0 aromatic carbocycles. The maximum absolute atomic E-state index is 12.2. The number of anilines is 1. The molecule has 2 aliphatic rings. The Labute approximate surface area is 122 Å². The molecule has 0 aliphatic carbocycles. The molecule has 2 amide bonds. The molecule has 7 heteroatoms. The van der Waals surface area contributed by atoms with Gasteiger partial charge in [-0.25, -0.2) is 9.78 Å². The second kappa shape index (κ2) is 5.23. The lowest BCUT2D eigenvalue weighted by molar-refractivity contribution is 0.0743. The standard InChI is InChI=1S/C14H18N4O3/c1-2-21-13(20)18-8-5-14(6-9-18)16-11-10(12(19)17-14)4-3-7-15-11/h3-4,7H,2,5-6,8-9H2,1H3,(H,15,16)(H,17,19). The first kappa shape index (κ1) is 13.7. The second-order valence-corrected chi connectivity index (χ2v) is 5.25. The molecule has 7 nitrogen and oxygen atoms in total. The van der Waals surface area contributed by atoms with Crippen LogP contribution in [0.1, 0.15) is 30.1 Å². The third kappa shape index (κ3) is 2.51. The molecule has 1 aromatic rings. The van der Waals surface area contributed by atoms with Crippen LogP contribution in [-0.4, -0.2) is 47.2 Å². The van der Waals surface area contributed by atoms with E-state index in [1.165, 1.54) is 0 Å². The van der Waals surface area contributed by atoms with Gasteiger partial charge in [0, 0.05) is 32.1 Å². The lowest BCUT2D eigenvalue weighted by Crippen LogP contribution is -2.63. The van der Waals surface area contributed by atoms with Crippen LogP contribution in [0.15, 0.2) is 18.3 Å². The Kier molecular flexibility index (Phi) is 3.40. The van der Waals surface area contributed by atoms with Crippen molar-refractivity contribution >= 4 is 17.8 Å². The zero-order valence-corrected chi connectivity index (χ0v) is 11.9. The van der Waals surface area contributed by atoms with Crippen molar-refractivity contribution in [2.75, 3.05) is 25.0 Å². The zero-order chi connectivity index (χ0) is 14.9. The predicted octanol–water partition coefficient (Wildman–Crippen LogP) is 1.19. The van der Waals surface area contributed by atoms with Gasteiger partial charge in [0.15, 0.2) is 0 Å². The number of fused-ring (bicyclic) bond motifs is 1. The molecular formula is C14H18N4O3. The summed E-state index contributed by atoms with van der Waals surface area (Å²) in [6.45, 7) is 3.23. The van der Waals surface area contributed by atoms with Gasteiger partial charge in [0.25, 0.3) is 5.91 Å². The number of nitrogens with zero attached hydrogens (tertiary/aromatic N) is 2. The monoisotopic (exact) mass is 290 g/mol. The fourth-order valence-electron chi connectivity index (χ4n) is 2.77. The molecule has 2 aliphatic heterocycles. The third-order valence-electron chi connectivity index (χ3n) is 3.91. The minimum absolute atomic E-state index is 0.124. The summed E-state index contributed by atoms with van der Waals surface area (Å²) in [5, 5.41) is 6.32. The number of nitrogens with one attached hydrogen (secondary N) is 2. The number of piperidine rings is 1. The van der Waals surface area contributed by atoms with Crippen LogP contribution in [-0.2, 0) is 4.74 Å². The number of hydrogen-bond donors (Lipinski definition) is 2. The van der Waals surface area contributed by atoms with Crippen LogP contribution in [0.3, 0.4) is 0 Å². The number of carbonyl (C=O) groups is 2. The number of hydrogen-bond acceptors (Lipinski definition) is 5. The number of aromatic nitrogens is 1. The van der Waals surface area contributed by atoms with E-state index in [1.54, 1.807) is 30.2 Å². The van der Waals surface area contributed by atoms with Crippen molar-refractivity contribution in [2.24, 2.45) is 0 Å². The summed E-state index contributed by atoms with van der Waals surface area (Å²) in [7, 11) is 0. The average molecular weight is 290 g/mol. The summed E-state index contributed by atoms with van der Waals surface area (Å²) in [6.07, 6.45) is 2.60. The number of pyridine rings is 1. The molecule has 3 rings (SSSR count). The second-order valence-electron chi connectivity index (χ2n) is 5.25. The molecule has 0 radical (unpaired) electrons. The number of ether oxygens (including phenoxy) is 1. The molecule has 0 atom stereocenters. The van der Waals surface area contributed by atoms with Gasteiger partial charge in [0.1, 0.15) is 11.5 Å². The first-order valence-corrected chi connectivity index (χ1v) is 7.11. The summed E-state index contributed by atoms with van der Waals surface area (Å²) in [4.78, 5) is 29.8. The van der Waals surface area contributed by atoms with Crippen LogP contribution in [0.4, 0.5) is 10.6 Å². The Bertz CT molecular complexity index is 567. The van der Waals surface area contributed by atoms with Gasteiger partial charge >= 0.3 is 6.09 Å². The lowest BCUT2D eigenvalue weighted by Gasteiger charge is -2.44. The summed E-state index contributed by atoms with van der Waals surface area (Å²) in [5.41, 5.74) is 0.0254. The smallest absolute Gasteiger partial charge is 0.409 e. The molecule has 0 saturated carbocycles. The Morgan fingerprint density at radius 3 is 2.90 bits per heavy atom. The maximum Gasteiger partial charge on any atom is 0.409 e. The van der Waals surface area contributed by atoms with E-state index in [2.05, 4.69) is 15.6 Å². The molecule has 1 fully saturated rings. The van der Waals surface area contributed by atoms with Crippen LogP contribution in [0.2, 0.25) is 0 Å². The molecule has 1 aromatic heterocycles. The highest BCUT2D eigenvalue weighted by atomic mass is 16.6. The quantitative estimate of drug-likeness (QED) is 0.811. The average Bonchev–Trinajstić information content (AvgIpc) is 2.48. The molecule has 0 bridgehead atoms. The first-order valence-electron chi connectivity index (χ1n) is 7.11. The van der Waals surface area contributed by atoms with E-state index < -0.39 is 5.66 Å². The molecule has 2 N–H and O–H groups in total. The van der Waals surface area contributed by atoms with Gasteiger partial charge in [-0.2, -0.15) is 0 Å². The van der Waals surface area contributed by atoms with Crippen molar-refractivity contribution in [1.82, 2.24) is 15.2 Å². The minimum Gasteiger partial charge on any atom is -0.450 e. The van der Waals surface area contributed by atoms with Gasteiger partial charge in [-0.3, -0.25) is 4.79 Å². The van der Waals surface area contributed by atoms with E-state index >= 15 is 0 Å². The highest BCUT2D eigenvalue weighted by molar-refractivity contribution is 6.01. The zero-order valence-electron chi connectivity index (χ0n) is 11.9. The lowest BCUT2D eigenvalue weighted by atomic mass is 9.94. The van der Waals surface area contributed by atoms with Crippen molar-refractivity contribution in [2.45, 2.75) is 25.4 Å². The Balaban J connectivity index is 1.72. The van der Waals surface area contributed by atoms with Gasteiger partial charge in [-0.05, 0) is 19.1 Å². The summed E-state index contributed by atoms with van der Waals surface area (Å²) in [5.74, 6) is 0.479. The van der Waals surface area contributed by atoms with Crippen molar-refractivity contribution in [3.63, 3.8) is 0 Å². The van der Waals surface area contributed by atoms with Crippen molar-refractivity contribution in [3.05, 3.63) is 23.9 Å². The van der Waals surface area contributed by atoms with Crippen molar-refractivity contribution < 1.29 is 14.3 Å². The van der Waals surface area contributed by atoms with E-state index in [9.17, 15) is 9.59 Å². The van der Waals surface area contributed by atoms with E-state index in [0.717, 1.165) is 0 Å². The fraction of sp³-hybridized carbons (Fsp3) is 0.500. The summed E-state index contributed by atoms with van der Waals surface area (Å²) >= 11 is 0. The Hall–Kier alpha value is -2.31. The minimum atomic E-state index is -0.526.